The van der Waals surface area contributed by atoms with Crippen LogP contribution >= 0.6 is 0 Å². The molecule has 0 fully saturated rings. The molecule has 0 aliphatic rings. The molecule has 0 saturated heterocycles. The van der Waals surface area contributed by atoms with E-state index in [0.717, 1.165) is 16.9 Å². The van der Waals surface area contributed by atoms with Gasteiger partial charge >= 0.3 is 0 Å². The number of hydrogen-bond donors (Lipinski definition) is 1. The largest absolute Gasteiger partial charge is 0.369 e. The summed E-state index contributed by atoms with van der Waals surface area (Å²) >= 11 is 0. The Labute approximate surface area is 118 Å². The molecule has 5 nitrogen and oxygen atoms in total. The zero-order valence-electron chi connectivity index (χ0n) is 12.2. The van der Waals surface area contributed by atoms with Gasteiger partial charge in [0.15, 0.2) is 0 Å². The Kier molecular flexibility index (Phi) is 4.74. The van der Waals surface area contributed by atoms with E-state index in [2.05, 4.69) is 14.9 Å². The first kappa shape index (κ1) is 14.5. The highest BCUT2D eigenvalue weighted by Crippen LogP contribution is 2.14. The minimum atomic E-state index is -0.0826. The maximum Gasteiger partial charge on any atom is 0.246 e. The van der Waals surface area contributed by atoms with Crippen molar-refractivity contribution in [1.82, 2.24) is 14.9 Å². The first-order chi connectivity index (χ1) is 9.58. The predicted octanol–water partition coefficient (Wildman–Crippen LogP) is 1.89. The van der Waals surface area contributed by atoms with Crippen molar-refractivity contribution in [2.45, 2.75) is 33.4 Å². The summed E-state index contributed by atoms with van der Waals surface area (Å²) in [6.07, 6.45) is 0.0700. The lowest BCUT2D eigenvalue weighted by Crippen LogP contribution is -2.31. The highest BCUT2D eigenvalue weighted by molar-refractivity contribution is 5.77. The molecule has 1 aromatic heterocycles. The minimum absolute atomic E-state index is 0.0700. The molecule has 1 aromatic carbocycles. The van der Waals surface area contributed by atoms with Gasteiger partial charge in [0.2, 0.25) is 5.91 Å². The first-order valence-electron chi connectivity index (χ1n) is 6.88. The number of benzene rings is 1. The minimum Gasteiger partial charge on any atom is -0.369 e. The fourth-order valence-electron chi connectivity index (χ4n) is 2.08. The molecular weight excluding hydrogens is 254 g/mol. The lowest BCUT2D eigenvalue weighted by atomic mass is 10.3. The smallest absolute Gasteiger partial charge is 0.246 e. The molecule has 0 radical (unpaired) electrons. The molecule has 2 aromatic rings. The van der Waals surface area contributed by atoms with Crippen molar-refractivity contribution in [1.29, 1.82) is 0 Å². The summed E-state index contributed by atoms with van der Waals surface area (Å²) in [5.41, 5.74) is 2.08. The summed E-state index contributed by atoms with van der Waals surface area (Å²) in [7, 11) is 0. The van der Waals surface area contributed by atoms with E-state index in [1.807, 2.05) is 45.0 Å². The molecule has 0 unspecified atom stereocenters. The van der Waals surface area contributed by atoms with Crippen LogP contribution < -0.4 is 5.32 Å². The second-order valence-corrected chi connectivity index (χ2v) is 5.01. The Bertz CT molecular complexity index is 590. The third-order valence-corrected chi connectivity index (χ3v) is 3.05. The standard InChI is InChI=1S/C15H21N3O2/c1-11(2)20-10-15(19)16-8-9-18-12(3)17-13-6-4-5-7-14(13)18/h4-7,11H,8-10H2,1-3H3,(H,16,19). The van der Waals surface area contributed by atoms with Gasteiger partial charge < -0.3 is 14.6 Å². The zero-order chi connectivity index (χ0) is 14.5. The van der Waals surface area contributed by atoms with Crippen molar-refractivity contribution in [3.05, 3.63) is 30.1 Å². The van der Waals surface area contributed by atoms with E-state index >= 15 is 0 Å². The summed E-state index contributed by atoms with van der Waals surface area (Å²) in [5.74, 6) is 0.875. The van der Waals surface area contributed by atoms with Crippen molar-refractivity contribution in [2.24, 2.45) is 0 Å². The molecule has 108 valence electrons. The average Bonchev–Trinajstić information content (AvgIpc) is 2.73. The van der Waals surface area contributed by atoms with E-state index in [-0.39, 0.29) is 18.6 Å². The number of aromatic nitrogens is 2. The van der Waals surface area contributed by atoms with Gasteiger partial charge in [-0.1, -0.05) is 12.1 Å². The fraction of sp³-hybridized carbons (Fsp3) is 0.467. The molecule has 1 N–H and O–H groups in total. The van der Waals surface area contributed by atoms with Crippen LogP contribution in [0.5, 0.6) is 0 Å². The highest BCUT2D eigenvalue weighted by Gasteiger charge is 2.07. The number of nitrogens with one attached hydrogen (secondary N) is 1. The molecule has 1 amide bonds. The zero-order valence-corrected chi connectivity index (χ0v) is 12.2. The molecule has 0 saturated carbocycles. The molecule has 20 heavy (non-hydrogen) atoms. The number of rotatable bonds is 6. The van der Waals surface area contributed by atoms with Crippen LogP contribution in [0.3, 0.4) is 0 Å². The maximum atomic E-state index is 11.6. The van der Waals surface area contributed by atoms with Crippen LogP contribution in [-0.2, 0) is 16.1 Å². The second kappa shape index (κ2) is 6.52. The molecule has 0 aliphatic heterocycles. The van der Waals surface area contributed by atoms with Crippen LogP contribution in [-0.4, -0.2) is 34.7 Å². The normalized spacial score (nSPS) is 11.2. The number of imidazole rings is 1. The maximum absolute atomic E-state index is 11.6. The van der Waals surface area contributed by atoms with Gasteiger partial charge in [0.25, 0.3) is 0 Å². The van der Waals surface area contributed by atoms with E-state index < -0.39 is 0 Å². The predicted molar refractivity (Wildman–Crippen MR) is 78.6 cm³/mol. The van der Waals surface area contributed by atoms with Gasteiger partial charge in [0.1, 0.15) is 12.4 Å². The molecular formula is C15H21N3O2. The molecule has 5 heteroatoms. The van der Waals surface area contributed by atoms with Crippen molar-refractivity contribution < 1.29 is 9.53 Å². The van der Waals surface area contributed by atoms with Crippen LogP contribution in [0.15, 0.2) is 24.3 Å². The van der Waals surface area contributed by atoms with Crippen molar-refractivity contribution >= 4 is 16.9 Å². The lowest BCUT2D eigenvalue weighted by Gasteiger charge is -2.10. The highest BCUT2D eigenvalue weighted by atomic mass is 16.5. The van der Waals surface area contributed by atoms with E-state index in [4.69, 9.17) is 4.74 Å². The number of fused-ring (bicyclic) bond motifs is 1. The van der Waals surface area contributed by atoms with Crippen LogP contribution in [0.4, 0.5) is 0 Å². The van der Waals surface area contributed by atoms with Gasteiger partial charge in [0, 0.05) is 13.1 Å². The van der Waals surface area contributed by atoms with Crippen molar-refractivity contribution in [2.75, 3.05) is 13.2 Å². The first-order valence-corrected chi connectivity index (χ1v) is 6.88. The van der Waals surface area contributed by atoms with Crippen LogP contribution in [0.2, 0.25) is 0 Å². The van der Waals surface area contributed by atoms with E-state index in [9.17, 15) is 4.79 Å². The quantitative estimate of drug-likeness (QED) is 0.876. The summed E-state index contributed by atoms with van der Waals surface area (Å²) in [4.78, 5) is 16.1. The van der Waals surface area contributed by atoms with Crippen LogP contribution in [0.25, 0.3) is 11.0 Å². The second-order valence-electron chi connectivity index (χ2n) is 5.01. The average molecular weight is 275 g/mol. The number of ether oxygens (including phenoxy) is 1. The topological polar surface area (TPSA) is 56.2 Å². The number of hydrogen-bond acceptors (Lipinski definition) is 3. The van der Waals surface area contributed by atoms with Gasteiger partial charge in [-0.05, 0) is 32.9 Å². The third-order valence-electron chi connectivity index (χ3n) is 3.05. The summed E-state index contributed by atoms with van der Waals surface area (Å²) in [6.45, 7) is 7.19. The van der Waals surface area contributed by atoms with Gasteiger partial charge in [-0.3, -0.25) is 4.79 Å². The van der Waals surface area contributed by atoms with E-state index in [1.54, 1.807) is 0 Å². The molecule has 0 atom stereocenters. The van der Waals surface area contributed by atoms with Gasteiger partial charge in [0.05, 0.1) is 17.1 Å². The monoisotopic (exact) mass is 275 g/mol. The third kappa shape index (κ3) is 3.57. The Morgan fingerprint density at radius 2 is 2.15 bits per heavy atom. The molecule has 2 rings (SSSR count). The lowest BCUT2D eigenvalue weighted by molar-refractivity contribution is -0.127. The number of aryl methyl sites for hydroxylation is 1. The molecule has 1 heterocycles. The van der Waals surface area contributed by atoms with Gasteiger partial charge in [-0.15, -0.1) is 0 Å². The number of para-hydroxylation sites is 2. The number of nitrogens with zero attached hydrogens (tertiary/aromatic N) is 2. The number of carbonyl (C=O) groups excluding carboxylic acids is 1. The van der Waals surface area contributed by atoms with Crippen LogP contribution in [0.1, 0.15) is 19.7 Å². The SMILES string of the molecule is Cc1nc2ccccc2n1CCNC(=O)COC(C)C. The number of carbonyl (C=O) groups is 1. The van der Waals surface area contributed by atoms with Crippen LogP contribution in [0, 0.1) is 6.92 Å². The Hall–Kier alpha value is -1.88. The molecule has 0 bridgehead atoms. The fourth-order valence-corrected chi connectivity index (χ4v) is 2.08. The molecule has 0 aliphatic carbocycles. The van der Waals surface area contributed by atoms with Gasteiger partial charge in [-0.25, -0.2) is 4.98 Å². The van der Waals surface area contributed by atoms with Gasteiger partial charge in [-0.2, -0.15) is 0 Å². The van der Waals surface area contributed by atoms with Crippen molar-refractivity contribution in [3.8, 4) is 0 Å². The number of amides is 1. The summed E-state index contributed by atoms with van der Waals surface area (Å²) in [6, 6.07) is 8.01. The molecule has 0 spiro atoms. The van der Waals surface area contributed by atoms with E-state index in [1.165, 1.54) is 0 Å². The summed E-state index contributed by atoms with van der Waals surface area (Å²) in [5, 5.41) is 2.86. The summed E-state index contributed by atoms with van der Waals surface area (Å²) < 4.78 is 7.36. The Balaban J connectivity index is 1.90. The Morgan fingerprint density at radius 3 is 2.90 bits per heavy atom. The van der Waals surface area contributed by atoms with E-state index in [0.29, 0.717) is 13.1 Å². The Morgan fingerprint density at radius 1 is 1.40 bits per heavy atom. The van der Waals surface area contributed by atoms with Crippen molar-refractivity contribution in [3.63, 3.8) is 0 Å².